The first-order chi connectivity index (χ1) is 7.65. The second-order valence-electron chi connectivity index (χ2n) is 5.04. The summed E-state index contributed by atoms with van der Waals surface area (Å²) in [5, 5.41) is 3.51. The minimum Gasteiger partial charge on any atom is -0.366 e. The fourth-order valence-corrected chi connectivity index (χ4v) is 2.39. The van der Waals surface area contributed by atoms with Crippen molar-refractivity contribution in [3.63, 3.8) is 0 Å². The highest BCUT2D eigenvalue weighted by atomic mass is 15.0. The molecular formula is C13H21N3. The summed E-state index contributed by atoms with van der Waals surface area (Å²) in [6.45, 7) is 6.34. The molecule has 0 aromatic carbocycles. The van der Waals surface area contributed by atoms with Gasteiger partial charge in [-0.2, -0.15) is 0 Å². The van der Waals surface area contributed by atoms with Crippen molar-refractivity contribution in [2.45, 2.75) is 52.5 Å². The molecule has 1 saturated carbocycles. The van der Waals surface area contributed by atoms with Gasteiger partial charge in [0.05, 0.1) is 17.6 Å². The van der Waals surface area contributed by atoms with Crippen LogP contribution in [0.3, 0.4) is 0 Å². The summed E-state index contributed by atoms with van der Waals surface area (Å²) in [5.41, 5.74) is 2.04. The van der Waals surface area contributed by atoms with Crippen LogP contribution in [-0.2, 0) is 0 Å². The Hall–Kier alpha value is -1.12. The average Bonchev–Trinajstić information content (AvgIpc) is 2.24. The second-order valence-corrected chi connectivity index (χ2v) is 5.04. The second kappa shape index (κ2) is 4.81. The van der Waals surface area contributed by atoms with Crippen LogP contribution in [0.25, 0.3) is 0 Å². The minimum absolute atomic E-state index is 0.583. The van der Waals surface area contributed by atoms with Crippen LogP contribution in [0.4, 0.5) is 5.82 Å². The molecule has 1 fully saturated rings. The Kier molecular flexibility index (Phi) is 3.42. The first kappa shape index (κ1) is 11.4. The van der Waals surface area contributed by atoms with Gasteiger partial charge in [0.2, 0.25) is 0 Å². The molecule has 1 aromatic heterocycles. The van der Waals surface area contributed by atoms with Crippen molar-refractivity contribution >= 4 is 5.82 Å². The Morgan fingerprint density at radius 2 is 2.06 bits per heavy atom. The molecule has 2 atom stereocenters. The number of anilines is 1. The topological polar surface area (TPSA) is 37.8 Å². The van der Waals surface area contributed by atoms with Crippen molar-refractivity contribution in [1.82, 2.24) is 9.97 Å². The molecule has 88 valence electrons. The van der Waals surface area contributed by atoms with Gasteiger partial charge in [0, 0.05) is 6.04 Å². The molecule has 0 bridgehead atoms. The number of nitrogens with one attached hydrogen (secondary N) is 1. The van der Waals surface area contributed by atoms with Crippen LogP contribution < -0.4 is 5.32 Å². The van der Waals surface area contributed by atoms with E-state index in [1.54, 1.807) is 0 Å². The largest absolute Gasteiger partial charge is 0.366 e. The summed E-state index contributed by atoms with van der Waals surface area (Å²) in [5.74, 6) is 1.77. The fraction of sp³-hybridized carbons (Fsp3) is 0.692. The summed E-state index contributed by atoms with van der Waals surface area (Å²) in [6, 6.07) is 0.583. The molecule has 0 aliphatic heterocycles. The molecule has 0 spiro atoms. The zero-order valence-corrected chi connectivity index (χ0v) is 10.5. The van der Waals surface area contributed by atoms with Gasteiger partial charge in [-0.3, -0.25) is 4.98 Å². The predicted octanol–water partition coefficient (Wildman–Crippen LogP) is 3.08. The van der Waals surface area contributed by atoms with Crippen LogP contribution in [0.5, 0.6) is 0 Å². The number of hydrogen-bond donors (Lipinski definition) is 1. The molecule has 1 aromatic rings. The van der Waals surface area contributed by atoms with Gasteiger partial charge in [0.25, 0.3) is 0 Å². The van der Waals surface area contributed by atoms with Crippen LogP contribution in [-0.4, -0.2) is 16.0 Å². The molecule has 0 radical (unpaired) electrons. The third kappa shape index (κ3) is 2.71. The summed E-state index contributed by atoms with van der Waals surface area (Å²) in [7, 11) is 0. The van der Waals surface area contributed by atoms with E-state index in [0.717, 1.165) is 23.1 Å². The maximum absolute atomic E-state index is 4.52. The quantitative estimate of drug-likeness (QED) is 0.830. The van der Waals surface area contributed by atoms with E-state index in [4.69, 9.17) is 0 Å². The third-order valence-corrected chi connectivity index (χ3v) is 3.48. The molecule has 0 saturated heterocycles. The highest BCUT2D eigenvalue weighted by molar-refractivity contribution is 5.34. The molecule has 1 aliphatic rings. The summed E-state index contributed by atoms with van der Waals surface area (Å²) in [6.07, 6.45) is 7.07. The van der Waals surface area contributed by atoms with E-state index in [2.05, 4.69) is 22.2 Å². The monoisotopic (exact) mass is 219 g/mol. The van der Waals surface area contributed by atoms with Gasteiger partial charge < -0.3 is 5.32 Å². The molecule has 1 heterocycles. The van der Waals surface area contributed by atoms with Crippen LogP contribution >= 0.6 is 0 Å². The van der Waals surface area contributed by atoms with E-state index in [1.165, 1.54) is 25.7 Å². The first-order valence-corrected chi connectivity index (χ1v) is 6.22. The number of aryl methyl sites for hydroxylation is 2. The molecule has 3 heteroatoms. The Morgan fingerprint density at radius 1 is 1.25 bits per heavy atom. The molecular weight excluding hydrogens is 198 g/mol. The van der Waals surface area contributed by atoms with Crippen molar-refractivity contribution in [1.29, 1.82) is 0 Å². The number of nitrogens with zero attached hydrogens (tertiary/aromatic N) is 2. The number of rotatable bonds is 2. The number of hydrogen-bond acceptors (Lipinski definition) is 3. The van der Waals surface area contributed by atoms with E-state index in [9.17, 15) is 0 Å². The maximum Gasteiger partial charge on any atom is 0.145 e. The van der Waals surface area contributed by atoms with Crippen molar-refractivity contribution in [2.75, 3.05) is 5.32 Å². The van der Waals surface area contributed by atoms with Gasteiger partial charge in [-0.1, -0.05) is 19.8 Å². The van der Waals surface area contributed by atoms with Crippen molar-refractivity contribution in [3.8, 4) is 0 Å². The lowest BCUT2D eigenvalue weighted by Crippen LogP contribution is -2.26. The lowest BCUT2D eigenvalue weighted by Gasteiger charge is -2.27. The van der Waals surface area contributed by atoms with Crippen molar-refractivity contribution in [3.05, 3.63) is 17.6 Å². The van der Waals surface area contributed by atoms with E-state index in [-0.39, 0.29) is 0 Å². The van der Waals surface area contributed by atoms with Crippen LogP contribution in [0.1, 0.15) is 44.0 Å². The van der Waals surface area contributed by atoms with Crippen LogP contribution in [0.15, 0.2) is 6.20 Å². The normalized spacial score (nSPS) is 25.4. The van der Waals surface area contributed by atoms with E-state index in [0.29, 0.717) is 6.04 Å². The van der Waals surface area contributed by atoms with E-state index < -0.39 is 0 Å². The number of aromatic nitrogens is 2. The molecule has 1 aliphatic carbocycles. The summed E-state index contributed by atoms with van der Waals surface area (Å²) in [4.78, 5) is 8.86. The summed E-state index contributed by atoms with van der Waals surface area (Å²) < 4.78 is 0. The van der Waals surface area contributed by atoms with Crippen LogP contribution in [0, 0.1) is 19.8 Å². The lowest BCUT2D eigenvalue weighted by molar-refractivity contribution is 0.358. The third-order valence-electron chi connectivity index (χ3n) is 3.48. The highest BCUT2D eigenvalue weighted by Crippen LogP contribution is 2.25. The van der Waals surface area contributed by atoms with Crippen molar-refractivity contribution in [2.24, 2.45) is 5.92 Å². The molecule has 2 rings (SSSR count). The molecule has 16 heavy (non-hydrogen) atoms. The molecule has 1 N–H and O–H groups in total. The Labute approximate surface area is 97.7 Å². The van der Waals surface area contributed by atoms with Gasteiger partial charge in [0.1, 0.15) is 5.82 Å². The van der Waals surface area contributed by atoms with Gasteiger partial charge >= 0.3 is 0 Å². The zero-order chi connectivity index (χ0) is 11.5. The maximum atomic E-state index is 4.52. The fourth-order valence-electron chi connectivity index (χ4n) is 2.39. The Bertz CT molecular complexity index is 362. The standard InChI is InChI=1S/C13H21N3/c1-9-5-4-6-12(7-9)16-13-8-14-10(2)11(3)15-13/h8-9,12H,4-7H2,1-3H3,(H,15,16). The first-order valence-electron chi connectivity index (χ1n) is 6.22. The SMILES string of the molecule is Cc1ncc(NC2CCCC(C)C2)nc1C. The lowest BCUT2D eigenvalue weighted by atomic mass is 9.87. The zero-order valence-electron chi connectivity index (χ0n) is 10.5. The van der Waals surface area contributed by atoms with E-state index >= 15 is 0 Å². The highest BCUT2D eigenvalue weighted by Gasteiger charge is 2.18. The van der Waals surface area contributed by atoms with Gasteiger partial charge in [-0.05, 0) is 32.6 Å². The Morgan fingerprint density at radius 3 is 2.75 bits per heavy atom. The van der Waals surface area contributed by atoms with Gasteiger partial charge in [-0.25, -0.2) is 4.98 Å². The van der Waals surface area contributed by atoms with Gasteiger partial charge in [-0.15, -0.1) is 0 Å². The van der Waals surface area contributed by atoms with Gasteiger partial charge in [0.15, 0.2) is 0 Å². The molecule has 0 amide bonds. The minimum atomic E-state index is 0.583. The molecule has 2 unspecified atom stereocenters. The predicted molar refractivity (Wildman–Crippen MR) is 66.5 cm³/mol. The van der Waals surface area contributed by atoms with E-state index in [1.807, 2.05) is 20.0 Å². The average molecular weight is 219 g/mol. The Balaban J connectivity index is 2.00. The molecule has 3 nitrogen and oxygen atoms in total. The smallest absolute Gasteiger partial charge is 0.145 e. The summed E-state index contributed by atoms with van der Waals surface area (Å²) >= 11 is 0. The van der Waals surface area contributed by atoms with Crippen molar-refractivity contribution < 1.29 is 0 Å². The van der Waals surface area contributed by atoms with Crippen LogP contribution in [0.2, 0.25) is 0 Å².